The average molecular weight is 430 g/mol. The molecule has 0 spiro atoms. The van der Waals surface area contributed by atoms with Crippen LogP contribution in [0.15, 0.2) is 24.3 Å². The fourth-order valence-corrected chi connectivity index (χ4v) is 3.01. The van der Waals surface area contributed by atoms with E-state index in [2.05, 4.69) is 13.8 Å². The van der Waals surface area contributed by atoms with Gasteiger partial charge in [0.2, 0.25) is 15.9 Å². The topological polar surface area (TPSA) is 153 Å². The lowest BCUT2D eigenvalue weighted by molar-refractivity contribution is -0.138. The van der Waals surface area contributed by atoms with E-state index in [4.69, 9.17) is 16.6 Å². The quantitative estimate of drug-likeness (QED) is 0.412. The molecule has 8 nitrogen and oxygen atoms in total. The van der Waals surface area contributed by atoms with E-state index in [1.807, 2.05) is 29.0 Å². The summed E-state index contributed by atoms with van der Waals surface area (Å²) >= 11 is 0. The third-order valence-corrected chi connectivity index (χ3v) is 4.66. The number of amides is 1. The van der Waals surface area contributed by atoms with Gasteiger partial charge in [-0.15, -0.1) is 0 Å². The van der Waals surface area contributed by atoms with Crippen molar-refractivity contribution in [3.63, 3.8) is 0 Å². The van der Waals surface area contributed by atoms with Crippen molar-refractivity contribution in [2.24, 2.45) is 17.4 Å². The van der Waals surface area contributed by atoms with Crippen LogP contribution >= 0.6 is 0 Å². The largest absolute Gasteiger partial charge is 0.480 e. The SMILES string of the molecule is CC(C)Cc1ccc([C@@H](C)C(=O)NS(C)(=O)=O)cc1.NCCCCC(N)C(=O)O. The van der Waals surface area contributed by atoms with Gasteiger partial charge in [0.1, 0.15) is 6.04 Å². The molecule has 0 aliphatic carbocycles. The smallest absolute Gasteiger partial charge is 0.320 e. The summed E-state index contributed by atoms with van der Waals surface area (Å²) in [6, 6.07) is 7.01. The molecule has 2 atom stereocenters. The lowest BCUT2D eigenvalue weighted by Gasteiger charge is -2.12. The zero-order chi connectivity index (χ0) is 22.6. The highest BCUT2D eigenvalue weighted by atomic mass is 32.2. The van der Waals surface area contributed by atoms with Crippen molar-refractivity contribution in [2.45, 2.75) is 58.4 Å². The number of carbonyl (C=O) groups excluding carboxylic acids is 1. The maximum Gasteiger partial charge on any atom is 0.320 e. The van der Waals surface area contributed by atoms with Crippen LogP contribution in [0.1, 0.15) is 57.1 Å². The first-order chi connectivity index (χ1) is 13.4. The summed E-state index contributed by atoms with van der Waals surface area (Å²) in [5.74, 6) is -1.34. The van der Waals surface area contributed by atoms with Crippen LogP contribution in [0.5, 0.6) is 0 Å². The Morgan fingerprint density at radius 2 is 1.66 bits per heavy atom. The first-order valence-electron chi connectivity index (χ1n) is 9.66. The van der Waals surface area contributed by atoms with Crippen LogP contribution in [-0.2, 0) is 26.0 Å². The van der Waals surface area contributed by atoms with E-state index < -0.39 is 33.9 Å². The Morgan fingerprint density at radius 3 is 2.07 bits per heavy atom. The monoisotopic (exact) mass is 429 g/mol. The van der Waals surface area contributed by atoms with Crippen LogP contribution in [0.4, 0.5) is 0 Å². The Balaban J connectivity index is 0.000000665. The summed E-state index contributed by atoms with van der Waals surface area (Å²) in [5, 5.41) is 8.33. The maximum absolute atomic E-state index is 11.7. The zero-order valence-electron chi connectivity index (χ0n) is 17.7. The molecule has 0 radical (unpaired) electrons. The number of hydrogen-bond donors (Lipinski definition) is 4. The number of carbonyl (C=O) groups is 2. The minimum absolute atomic E-state index is 0.483. The van der Waals surface area contributed by atoms with Gasteiger partial charge in [-0.05, 0) is 49.8 Å². The molecule has 0 saturated carbocycles. The van der Waals surface area contributed by atoms with Crippen LogP contribution in [0.2, 0.25) is 0 Å². The van der Waals surface area contributed by atoms with Crippen molar-refractivity contribution >= 4 is 21.9 Å². The number of nitrogens with two attached hydrogens (primary N) is 2. The van der Waals surface area contributed by atoms with Crippen LogP contribution in [0, 0.1) is 5.92 Å². The number of carboxylic acids is 1. The standard InChI is InChI=1S/C14H21NO3S.C6H14N2O2/c1-10(2)9-12-5-7-13(8-6-12)11(3)14(16)15-19(4,17)18;7-4-2-1-3-5(8)6(9)10/h5-8,10-11H,9H2,1-4H3,(H,15,16);5H,1-4,7-8H2,(H,9,10)/t11-;/m1./s1. The van der Waals surface area contributed by atoms with Crippen molar-refractivity contribution in [1.82, 2.24) is 4.72 Å². The number of rotatable bonds is 10. The molecule has 0 aromatic heterocycles. The minimum atomic E-state index is -3.50. The number of sulfonamides is 1. The van der Waals surface area contributed by atoms with E-state index in [0.717, 1.165) is 31.1 Å². The first kappa shape index (κ1) is 27.0. The number of hydrogen-bond acceptors (Lipinski definition) is 6. The molecule has 0 saturated heterocycles. The molecule has 166 valence electrons. The van der Waals surface area contributed by atoms with Gasteiger partial charge in [-0.25, -0.2) is 8.42 Å². The van der Waals surface area contributed by atoms with E-state index in [0.29, 0.717) is 18.9 Å². The van der Waals surface area contributed by atoms with Crippen LogP contribution < -0.4 is 16.2 Å². The van der Waals surface area contributed by atoms with E-state index in [1.54, 1.807) is 6.92 Å². The van der Waals surface area contributed by atoms with Crippen molar-refractivity contribution < 1.29 is 23.1 Å². The predicted molar refractivity (Wildman–Crippen MR) is 115 cm³/mol. The molecule has 0 aliphatic rings. The van der Waals surface area contributed by atoms with Crippen LogP contribution in [0.3, 0.4) is 0 Å². The molecular formula is C20H35N3O5S. The fourth-order valence-electron chi connectivity index (χ4n) is 2.47. The molecule has 0 fully saturated rings. The summed E-state index contributed by atoms with van der Waals surface area (Å²) in [7, 11) is -3.50. The van der Waals surface area contributed by atoms with Gasteiger partial charge in [-0.1, -0.05) is 44.5 Å². The Labute approximate surface area is 174 Å². The Kier molecular flexibility index (Phi) is 12.4. The van der Waals surface area contributed by atoms with Gasteiger partial charge in [0, 0.05) is 0 Å². The van der Waals surface area contributed by atoms with Crippen molar-refractivity contribution in [3.8, 4) is 0 Å². The van der Waals surface area contributed by atoms with Gasteiger partial charge in [-0.3, -0.25) is 14.3 Å². The highest BCUT2D eigenvalue weighted by molar-refractivity contribution is 7.89. The lowest BCUT2D eigenvalue weighted by Crippen LogP contribution is -2.32. The van der Waals surface area contributed by atoms with Gasteiger partial charge >= 0.3 is 5.97 Å². The second kappa shape index (κ2) is 13.3. The van der Waals surface area contributed by atoms with Gasteiger partial charge in [0.05, 0.1) is 12.2 Å². The predicted octanol–water partition coefficient (Wildman–Crippen LogP) is 1.59. The van der Waals surface area contributed by atoms with Crippen molar-refractivity contribution in [3.05, 3.63) is 35.4 Å². The number of carboxylic acid groups (broad SMARTS) is 1. The van der Waals surface area contributed by atoms with E-state index in [-0.39, 0.29) is 0 Å². The number of unbranched alkanes of at least 4 members (excludes halogenated alkanes) is 1. The summed E-state index contributed by atoms with van der Waals surface area (Å²) in [5.41, 5.74) is 12.5. The molecular weight excluding hydrogens is 394 g/mol. The van der Waals surface area contributed by atoms with Gasteiger partial charge in [0.15, 0.2) is 0 Å². The molecule has 29 heavy (non-hydrogen) atoms. The van der Waals surface area contributed by atoms with Gasteiger partial charge in [-0.2, -0.15) is 0 Å². The van der Waals surface area contributed by atoms with Gasteiger partial charge < -0.3 is 16.6 Å². The molecule has 6 N–H and O–H groups in total. The molecule has 1 amide bonds. The Bertz CT molecular complexity index is 733. The molecule has 1 aromatic rings. The number of benzene rings is 1. The van der Waals surface area contributed by atoms with Gasteiger partial charge in [0.25, 0.3) is 0 Å². The van der Waals surface area contributed by atoms with Crippen LogP contribution in [-0.4, -0.2) is 44.2 Å². The second-order valence-corrected chi connectivity index (χ2v) is 9.28. The summed E-state index contributed by atoms with van der Waals surface area (Å²) in [6.07, 6.45) is 4.13. The second-order valence-electron chi connectivity index (χ2n) is 7.53. The number of nitrogens with one attached hydrogen (secondary N) is 1. The minimum Gasteiger partial charge on any atom is -0.480 e. The van der Waals surface area contributed by atoms with E-state index in [9.17, 15) is 18.0 Å². The molecule has 0 bridgehead atoms. The highest BCUT2D eigenvalue weighted by Crippen LogP contribution is 2.17. The molecule has 0 aliphatic heterocycles. The Hall–Kier alpha value is -1.97. The highest BCUT2D eigenvalue weighted by Gasteiger charge is 2.18. The Morgan fingerprint density at radius 1 is 1.10 bits per heavy atom. The third-order valence-electron chi connectivity index (χ3n) is 4.09. The van der Waals surface area contributed by atoms with Crippen LogP contribution in [0.25, 0.3) is 0 Å². The summed E-state index contributed by atoms with van der Waals surface area (Å²) < 4.78 is 24.0. The zero-order valence-corrected chi connectivity index (χ0v) is 18.5. The summed E-state index contributed by atoms with van der Waals surface area (Å²) in [6.45, 7) is 6.59. The molecule has 1 unspecified atom stereocenters. The molecule has 0 heterocycles. The van der Waals surface area contributed by atoms with E-state index in [1.165, 1.54) is 5.56 Å². The van der Waals surface area contributed by atoms with E-state index >= 15 is 0 Å². The number of aliphatic carboxylic acids is 1. The lowest BCUT2D eigenvalue weighted by atomic mass is 9.96. The maximum atomic E-state index is 11.7. The molecule has 1 rings (SSSR count). The third kappa shape index (κ3) is 13.0. The van der Waals surface area contributed by atoms with Crippen molar-refractivity contribution in [1.29, 1.82) is 0 Å². The molecule has 9 heteroatoms. The fraction of sp³-hybridized carbons (Fsp3) is 0.600. The normalized spacial score (nSPS) is 13.2. The molecule has 1 aromatic carbocycles. The van der Waals surface area contributed by atoms with Crippen molar-refractivity contribution in [2.75, 3.05) is 12.8 Å². The summed E-state index contributed by atoms with van der Waals surface area (Å²) in [4.78, 5) is 21.9. The first-order valence-corrected chi connectivity index (χ1v) is 11.6. The average Bonchev–Trinajstić information content (AvgIpc) is 2.60.